The summed E-state index contributed by atoms with van der Waals surface area (Å²) in [5.41, 5.74) is 1.65. The van der Waals surface area contributed by atoms with Gasteiger partial charge in [-0.2, -0.15) is 18.2 Å². The van der Waals surface area contributed by atoms with Crippen molar-refractivity contribution in [1.82, 2.24) is 15.3 Å². The second kappa shape index (κ2) is 7.07. The topological polar surface area (TPSA) is 79.3 Å². The number of nitrogens with one attached hydrogen (secondary N) is 2. The fraction of sp³-hybridized carbons (Fsp3) is 0.200. The van der Waals surface area contributed by atoms with Gasteiger partial charge >= 0.3 is 12.1 Å². The van der Waals surface area contributed by atoms with Crippen molar-refractivity contribution in [3.63, 3.8) is 0 Å². The Morgan fingerprint density at radius 2 is 1.67 bits per heavy atom. The standard InChI is InChI=1S/C15H14F3N5O/c1-9-8-10(2)20-13(19-9)23-14(22-12(24)15(16,17)18)21-11-6-4-3-5-7-11/h3-8H,1-2H3,(H2,19,20,21,22,23,24). The fourth-order valence-electron chi connectivity index (χ4n) is 1.78. The Morgan fingerprint density at radius 3 is 2.21 bits per heavy atom. The molecule has 126 valence electrons. The number of guanidine groups is 1. The molecule has 0 unspecified atom stereocenters. The molecule has 2 N–H and O–H groups in total. The number of nitrogens with zero attached hydrogens (tertiary/aromatic N) is 3. The van der Waals surface area contributed by atoms with E-state index in [1.54, 1.807) is 55.6 Å². The molecule has 1 aromatic carbocycles. The molecule has 24 heavy (non-hydrogen) atoms. The first-order valence-corrected chi connectivity index (χ1v) is 6.85. The van der Waals surface area contributed by atoms with Crippen LogP contribution in [0.3, 0.4) is 0 Å². The van der Waals surface area contributed by atoms with E-state index in [1.165, 1.54) is 0 Å². The van der Waals surface area contributed by atoms with E-state index >= 15 is 0 Å². The lowest BCUT2D eigenvalue weighted by Crippen LogP contribution is -2.43. The van der Waals surface area contributed by atoms with Crippen LogP contribution in [0.25, 0.3) is 0 Å². The minimum absolute atomic E-state index is 0.0617. The number of carbonyl (C=O) groups is 1. The molecule has 1 heterocycles. The van der Waals surface area contributed by atoms with E-state index in [0.717, 1.165) is 0 Å². The van der Waals surface area contributed by atoms with E-state index in [4.69, 9.17) is 0 Å². The Labute approximate surface area is 135 Å². The molecule has 0 aliphatic rings. The van der Waals surface area contributed by atoms with Crippen molar-refractivity contribution in [2.75, 3.05) is 5.32 Å². The van der Waals surface area contributed by atoms with Crippen LogP contribution in [0.4, 0.5) is 24.8 Å². The zero-order chi connectivity index (χ0) is 17.7. The lowest BCUT2D eigenvalue weighted by molar-refractivity contribution is -0.171. The molecule has 0 saturated heterocycles. The van der Waals surface area contributed by atoms with Crippen molar-refractivity contribution in [3.8, 4) is 0 Å². The van der Waals surface area contributed by atoms with Crippen LogP contribution in [0.1, 0.15) is 11.4 Å². The molecular formula is C15H14F3N5O. The van der Waals surface area contributed by atoms with Gasteiger partial charge in [-0.25, -0.2) is 9.97 Å². The zero-order valence-electron chi connectivity index (χ0n) is 12.8. The SMILES string of the molecule is Cc1cc(C)nc(/N=C(/NC(=O)C(F)(F)F)Nc2ccccc2)n1. The van der Waals surface area contributed by atoms with Crippen LogP contribution in [0.15, 0.2) is 41.4 Å². The summed E-state index contributed by atoms with van der Waals surface area (Å²) in [7, 11) is 0. The van der Waals surface area contributed by atoms with Crippen LogP contribution in [0, 0.1) is 13.8 Å². The van der Waals surface area contributed by atoms with E-state index in [1.807, 2.05) is 0 Å². The Balaban J connectivity index is 2.34. The number of aryl methyl sites for hydroxylation is 2. The maximum absolute atomic E-state index is 12.5. The summed E-state index contributed by atoms with van der Waals surface area (Å²) >= 11 is 0. The molecule has 0 radical (unpaired) electrons. The third-order valence-electron chi connectivity index (χ3n) is 2.71. The van der Waals surface area contributed by atoms with Crippen molar-refractivity contribution < 1.29 is 18.0 Å². The summed E-state index contributed by atoms with van der Waals surface area (Å²) in [6, 6.07) is 10.0. The summed E-state index contributed by atoms with van der Waals surface area (Å²) in [6.07, 6.45) is -5.04. The summed E-state index contributed by atoms with van der Waals surface area (Å²) in [6.45, 7) is 3.40. The van der Waals surface area contributed by atoms with Crippen molar-refractivity contribution in [2.24, 2.45) is 4.99 Å². The minimum Gasteiger partial charge on any atom is -0.326 e. The van der Waals surface area contributed by atoms with Gasteiger partial charge in [0.15, 0.2) is 0 Å². The number of para-hydroxylation sites is 1. The van der Waals surface area contributed by atoms with Crippen LogP contribution in [-0.4, -0.2) is 28.0 Å². The first-order valence-electron chi connectivity index (χ1n) is 6.85. The quantitative estimate of drug-likeness (QED) is 0.652. The maximum atomic E-state index is 12.5. The molecule has 0 atom stereocenters. The second-order valence-corrected chi connectivity index (χ2v) is 4.85. The van der Waals surface area contributed by atoms with Crippen LogP contribution < -0.4 is 10.6 Å². The number of aromatic nitrogens is 2. The molecule has 0 bridgehead atoms. The van der Waals surface area contributed by atoms with Gasteiger partial charge in [-0.05, 0) is 32.0 Å². The minimum atomic E-state index is -5.04. The van der Waals surface area contributed by atoms with Crippen molar-refractivity contribution in [2.45, 2.75) is 20.0 Å². The van der Waals surface area contributed by atoms with Gasteiger partial charge in [0.1, 0.15) is 0 Å². The largest absolute Gasteiger partial charge is 0.471 e. The highest BCUT2D eigenvalue weighted by atomic mass is 19.4. The van der Waals surface area contributed by atoms with Crippen LogP contribution in [-0.2, 0) is 4.79 Å². The highest BCUT2D eigenvalue weighted by Crippen LogP contribution is 2.15. The molecule has 1 amide bonds. The van der Waals surface area contributed by atoms with Gasteiger partial charge in [-0.15, -0.1) is 0 Å². The second-order valence-electron chi connectivity index (χ2n) is 4.85. The Bertz CT molecular complexity index is 739. The Kier molecular flexibility index (Phi) is 5.12. The number of rotatable bonds is 2. The molecule has 1 aromatic heterocycles. The third kappa shape index (κ3) is 5.04. The molecule has 2 rings (SSSR count). The van der Waals surface area contributed by atoms with E-state index in [9.17, 15) is 18.0 Å². The van der Waals surface area contributed by atoms with E-state index in [-0.39, 0.29) is 5.95 Å². The number of hydrogen-bond acceptors (Lipinski definition) is 4. The van der Waals surface area contributed by atoms with Crippen LogP contribution in [0.2, 0.25) is 0 Å². The number of aliphatic imine (C=N–C) groups is 1. The Hall–Kier alpha value is -2.97. The average molecular weight is 337 g/mol. The predicted molar refractivity (Wildman–Crippen MR) is 82.9 cm³/mol. The third-order valence-corrected chi connectivity index (χ3v) is 2.71. The number of carbonyl (C=O) groups excluding carboxylic acids is 1. The summed E-state index contributed by atoms with van der Waals surface area (Å²) < 4.78 is 37.5. The van der Waals surface area contributed by atoms with Crippen molar-refractivity contribution in [3.05, 3.63) is 47.8 Å². The van der Waals surface area contributed by atoms with Gasteiger partial charge in [0.05, 0.1) is 0 Å². The highest BCUT2D eigenvalue weighted by Gasteiger charge is 2.39. The normalized spacial score (nSPS) is 12.0. The Morgan fingerprint density at radius 1 is 1.08 bits per heavy atom. The molecule has 9 heteroatoms. The summed E-state index contributed by atoms with van der Waals surface area (Å²) in [5.74, 6) is -2.63. The van der Waals surface area contributed by atoms with Gasteiger partial charge in [0.25, 0.3) is 5.95 Å². The summed E-state index contributed by atoms with van der Waals surface area (Å²) in [4.78, 5) is 23.1. The zero-order valence-corrected chi connectivity index (χ0v) is 12.8. The molecule has 6 nitrogen and oxygen atoms in total. The van der Waals surface area contributed by atoms with E-state index < -0.39 is 18.0 Å². The molecule has 0 fully saturated rings. The van der Waals surface area contributed by atoms with Crippen LogP contribution in [0.5, 0.6) is 0 Å². The molecule has 2 aromatic rings. The van der Waals surface area contributed by atoms with Gasteiger partial charge in [-0.3, -0.25) is 10.1 Å². The van der Waals surface area contributed by atoms with E-state index in [0.29, 0.717) is 17.1 Å². The maximum Gasteiger partial charge on any atom is 0.471 e. The molecular weight excluding hydrogens is 323 g/mol. The first-order chi connectivity index (χ1) is 11.2. The van der Waals surface area contributed by atoms with Crippen molar-refractivity contribution >= 4 is 23.5 Å². The number of anilines is 1. The van der Waals surface area contributed by atoms with Crippen molar-refractivity contribution in [1.29, 1.82) is 0 Å². The lowest BCUT2D eigenvalue weighted by Gasteiger charge is -2.12. The lowest BCUT2D eigenvalue weighted by atomic mass is 10.3. The van der Waals surface area contributed by atoms with Gasteiger partial charge < -0.3 is 5.32 Å². The van der Waals surface area contributed by atoms with E-state index in [2.05, 4.69) is 20.3 Å². The molecule has 0 saturated carbocycles. The van der Waals surface area contributed by atoms with Gasteiger partial charge in [0.2, 0.25) is 5.96 Å². The smallest absolute Gasteiger partial charge is 0.326 e. The molecule has 0 spiro atoms. The van der Waals surface area contributed by atoms with Crippen LogP contribution >= 0.6 is 0 Å². The molecule has 0 aliphatic heterocycles. The number of alkyl halides is 3. The number of halogens is 3. The number of hydrogen-bond donors (Lipinski definition) is 2. The highest BCUT2D eigenvalue weighted by molar-refractivity contribution is 6.06. The number of benzene rings is 1. The monoisotopic (exact) mass is 337 g/mol. The predicted octanol–water partition coefficient (Wildman–Crippen LogP) is 2.87. The van der Waals surface area contributed by atoms with Gasteiger partial charge in [0, 0.05) is 17.1 Å². The molecule has 0 aliphatic carbocycles. The van der Waals surface area contributed by atoms with Gasteiger partial charge in [-0.1, -0.05) is 18.2 Å². The first kappa shape index (κ1) is 17.4. The average Bonchev–Trinajstić information content (AvgIpc) is 2.46. The number of amides is 1. The summed E-state index contributed by atoms with van der Waals surface area (Å²) in [5, 5.41) is 4.30. The fourth-order valence-corrected chi connectivity index (χ4v) is 1.78.